The van der Waals surface area contributed by atoms with Crippen LogP contribution in [0.15, 0.2) is 18.2 Å². The van der Waals surface area contributed by atoms with Crippen molar-refractivity contribution < 1.29 is 9.13 Å². The second-order valence-electron chi connectivity index (χ2n) is 4.21. The molecular weight excluding hydrogens is 241 g/mol. The SMILES string of the molecule is COCCNCC(C)Cc1c(F)cccc1Cl. The van der Waals surface area contributed by atoms with Gasteiger partial charge in [0.15, 0.2) is 0 Å². The zero-order chi connectivity index (χ0) is 12.7. The molecule has 1 unspecified atom stereocenters. The Bertz CT molecular complexity index is 326. The average Bonchev–Trinajstić information content (AvgIpc) is 2.30. The maximum absolute atomic E-state index is 13.5. The molecule has 0 saturated carbocycles. The molecule has 0 amide bonds. The summed E-state index contributed by atoms with van der Waals surface area (Å²) in [5.41, 5.74) is 0.607. The van der Waals surface area contributed by atoms with Crippen molar-refractivity contribution in [3.05, 3.63) is 34.6 Å². The predicted molar refractivity (Wildman–Crippen MR) is 69.0 cm³/mol. The minimum Gasteiger partial charge on any atom is -0.383 e. The minimum absolute atomic E-state index is 0.221. The van der Waals surface area contributed by atoms with Crippen molar-refractivity contribution in [2.24, 2.45) is 5.92 Å². The molecule has 0 aromatic heterocycles. The van der Waals surface area contributed by atoms with Crippen molar-refractivity contribution in [3.63, 3.8) is 0 Å². The highest BCUT2D eigenvalue weighted by Gasteiger charge is 2.10. The molecule has 2 nitrogen and oxygen atoms in total. The van der Waals surface area contributed by atoms with Crippen LogP contribution in [0.5, 0.6) is 0 Å². The van der Waals surface area contributed by atoms with E-state index in [-0.39, 0.29) is 5.82 Å². The molecule has 0 bridgehead atoms. The van der Waals surface area contributed by atoms with Crippen LogP contribution in [0.25, 0.3) is 0 Å². The van der Waals surface area contributed by atoms with Gasteiger partial charge in [-0.15, -0.1) is 0 Å². The molecule has 17 heavy (non-hydrogen) atoms. The summed E-state index contributed by atoms with van der Waals surface area (Å²) < 4.78 is 18.5. The summed E-state index contributed by atoms with van der Waals surface area (Å²) in [7, 11) is 1.67. The van der Waals surface area contributed by atoms with E-state index in [2.05, 4.69) is 12.2 Å². The minimum atomic E-state index is -0.221. The normalized spacial score (nSPS) is 12.7. The first-order valence-corrected chi connectivity index (χ1v) is 6.15. The Morgan fingerprint density at radius 2 is 2.24 bits per heavy atom. The second kappa shape index (κ2) is 7.64. The number of ether oxygens (including phenoxy) is 1. The van der Waals surface area contributed by atoms with E-state index in [9.17, 15) is 4.39 Å². The molecule has 0 radical (unpaired) electrons. The Morgan fingerprint density at radius 1 is 1.47 bits per heavy atom. The van der Waals surface area contributed by atoms with Crippen LogP contribution in [-0.4, -0.2) is 26.8 Å². The van der Waals surface area contributed by atoms with Crippen LogP contribution in [0.1, 0.15) is 12.5 Å². The van der Waals surface area contributed by atoms with Gasteiger partial charge in [-0.25, -0.2) is 4.39 Å². The molecule has 1 aromatic rings. The number of methoxy groups -OCH3 is 1. The van der Waals surface area contributed by atoms with Gasteiger partial charge in [-0.3, -0.25) is 0 Å². The van der Waals surface area contributed by atoms with Crippen molar-refractivity contribution in [3.8, 4) is 0 Å². The molecule has 0 heterocycles. The van der Waals surface area contributed by atoms with Gasteiger partial charge < -0.3 is 10.1 Å². The standard InChI is InChI=1S/C13H19ClFNO/c1-10(9-16-6-7-17-2)8-11-12(14)4-3-5-13(11)15/h3-5,10,16H,6-9H2,1-2H3. The molecule has 1 N–H and O–H groups in total. The van der Waals surface area contributed by atoms with Crippen molar-refractivity contribution in [2.75, 3.05) is 26.8 Å². The number of rotatable bonds is 7. The lowest BCUT2D eigenvalue weighted by Gasteiger charge is -2.14. The number of nitrogens with one attached hydrogen (secondary N) is 1. The summed E-state index contributed by atoms with van der Waals surface area (Å²) in [6.45, 7) is 4.40. The second-order valence-corrected chi connectivity index (χ2v) is 4.61. The third-order valence-electron chi connectivity index (χ3n) is 2.59. The van der Waals surface area contributed by atoms with Crippen molar-refractivity contribution >= 4 is 11.6 Å². The van der Waals surface area contributed by atoms with E-state index < -0.39 is 0 Å². The average molecular weight is 260 g/mol. The highest BCUT2D eigenvalue weighted by atomic mass is 35.5. The van der Waals surface area contributed by atoms with E-state index in [0.29, 0.717) is 29.5 Å². The van der Waals surface area contributed by atoms with Crippen LogP contribution < -0.4 is 5.32 Å². The fourth-order valence-corrected chi connectivity index (χ4v) is 1.91. The Labute approximate surface area is 107 Å². The number of hydrogen-bond donors (Lipinski definition) is 1. The van der Waals surface area contributed by atoms with Gasteiger partial charge >= 0.3 is 0 Å². The Kier molecular flexibility index (Phi) is 6.48. The zero-order valence-electron chi connectivity index (χ0n) is 10.3. The molecule has 0 spiro atoms. The van der Waals surface area contributed by atoms with Crippen LogP contribution >= 0.6 is 11.6 Å². The van der Waals surface area contributed by atoms with Crippen molar-refractivity contribution in [1.29, 1.82) is 0 Å². The van der Waals surface area contributed by atoms with Gasteiger partial charge in [0.2, 0.25) is 0 Å². The van der Waals surface area contributed by atoms with Crippen LogP contribution in [0.3, 0.4) is 0 Å². The third-order valence-corrected chi connectivity index (χ3v) is 2.94. The topological polar surface area (TPSA) is 21.3 Å². The smallest absolute Gasteiger partial charge is 0.127 e. The van der Waals surface area contributed by atoms with E-state index >= 15 is 0 Å². The molecule has 0 aliphatic rings. The van der Waals surface area contributed by atoms with Gasteiger partial charge in [-0.1, -0.05) is 24.6 Å². The molecule has 1 aromatic carbocycles. The van der Waals surface area contributed by atoms with Gasteiger partial charge in [0.25, 0.3) is 0 Å². The molecule has 1 atom stereocenters. The summed E-state index contributed by atoms with van der Waals surface area (Å²) in [6, 6.07) is 4.81. The molecule has 0 saturated heterocycles. The van der Waals surface area contributed by atoms with Gasteiger partial charge in [0.1, 0.15) is 5.82 Å². The monoisotopic (exact) mass is 259 g/mol. The molecule has 0 aliphatic carbocycles. The number of halogens is 2. The highest BCUT2D eigenvalue weighted by molar-refractivity contribution is 6.31. The predicted octanol–water partition coefficient (Wildman–Crippen LogP) is 2.89. The van der Waals surface area contributed by atoms with Crippen LogP contribution in [-0.2, 0) is 11.2 Å². The molecule has 0 aliphatic heterocycles. The van der Waals surface area contributed by atoms with Crippen molar-refractivity contribution in [1.82, 2.24) is 5.32 Å². The highest BCUT2D eigenvalue weighted by Crippen LogP contribution is 2.21. The molecular formula is C13H19ClFNO. The van der Waals surface area contributed by atoms with Crippen molar-refractivity contribution in [2.45, 2.75) is 13.3 Å². The first kappa shape index (κ1) is 14.4. The van der Waals surface area contributed by atoms with E-state index in [1.54, 1.807) is 19.2 Å². The summed E-state index contributed by atoms with van der Waals surface area (Å²) in [4.78, 5) is 0. The third kappa shape index (κ3) is 5.02. The summed E-state index contributed by atoms with van der Waals surface area (Å²) in [5.74, 6) is 0.113. The van der Waals surface area contributed by atoms with E-state index in [0.717, 1.165) is 13.1 Å². The van der Waals surface area contributed by atoms with E-state index in [1.165, 1.54) is 6.07 Å². The molecule has 4 heteroatoms. The van der Waals surface area contributed by atoms with Gasteiger partial charge in [-0.2, -0.15) is 0 Å². The van der Waals surface area contributed by atoms with E-state index in [1.807, 2.05) is 0 Å². The maximum atomic E-state index is 13.5. The number of hydrogen-bond acceptors (Lipinski definition) is 2. The first-order valence-electron chi connectivity index (χ1n) is 5.77. The number of benzene rings is 1. The Hall–Kier alpha value is -0.640. The Balaban J connectivity index is 2.42. The zero-order valence-corrected chi connectivity index (χ0v) is 11.1. The van der Waals surface area contributed by atoms with Crippen LogP contribution in [0, 0.1) is 11.7 Å². The van der Waals surface area contributed by atoms with E-state index in [4.69, 9.17) is 16.3 Å². The largest absolute Gasteiger partial charge is 0.383 e. The summed E-state index contributed by atoms with van der Waals surface area (Å²) in [6.07, 6.45) is 0.644. The quantitative estimate of drug-likeness (QED) is 0.761. The molecule has 1 rings (SSSR count). The maximum Gasteiger partial charge on any atom is 0.127 e. The lowest BCUT2D eigenvalue weighted by Crippen LogP contribution is -2.26. The van der Waals surface area contributed by atoms with Gasteiger partial charge in [0, 0.05) is 24.2 Å². The van der Waals surface area contributed by atoms with Crippen LogP contribution in [0.4, 0.5) is 4.39 Å². The Morgan fingerprint density at radius 3 is 2.88 bits per heavy atom. The van der Waals surface area contributed by atoms with Crippen LogP contribution in [0.2, 0.25) is 5.02 Å². The lowest BCUT2D eigenvalue weighted by molar-refractivity contribution is 0.198. The fraction of sp³-hybridized carbons (Fsp3) is 0.538. The van der Waals surface area contributed by atoms with Gasteiger partial charge in [-0.05, 0) is 31.0 Å². The summed E-state index contributed by atoms with van der Waals surface area (Å²) in [5, 5.41) is 3.76. The molecule has 0 fully saturated rings. The first-order chi connectivity index (χ1) is 8.15. The fourth-order valence-electron chi connectivity index (χ4n) is 1.67. The summed E-state index contributed by atoms with van der Waals surface area (Å²) >= 11 is 5.98. The molecule has 96 valence electrons. The lowest BCUT2D eigenvalue weighted by atomic mass is 10.0. The van der Waals surface area contributed by atoms with Gasteiger partial charge in [0.05, 0.1) is 6.61 Å².